The normalized spacial score (nSPS) is 12.4. The zero-order chi connectivity index (χ0) is 12.0. The van der Waals surface area contributed by atoms with E-state index in [0.717, 1.165) is 0 Å². The van der Waals surface area contributed by atoms with Gasteiger partial charge in [0.2, 0.25) is 11.8 Å². The van der Waals surface area contributed by atoms with E-state index < -0.39 is 0 Å². The van der Waals surface area contributed by atoms with E-state index in [-0.39, 0.29) is 29.5 Å². The Labute approximate surface area is 96.8 Å². The molecule has 0 aliphatic carbocycles. The molecule has 1 N–H and O–H groups in total. The summed E-state index contributed by atoms with van der Waals surface area (Å²) in [6.45, 7) is 6.37. The molecule has 0 saturated heterocycles. The molecule has 1 atom stereocenters. The van der Waals surface area contributed by atoms with E-state index in [0.29, 0.717) is 6.54 Å². The molecular weight excluding hydrogens is 212 g/mol. The molecule has 0 aromatic heterocycles. The SMILES string of the molecule is CCNC(=O)CN(C)C(=O)C(S)C(C)C. The molecule has 5 heteroatoms. The van der Waals surface area contributed by atoms with Gasteiger partial charge in [-0.25, -0.2) is 0 Å². The Morgan fingerprint density at radius 2 is 1.93 bits per heavy atom. The lowest BCUT2D eigenvalue weighted by Crippen LogP contribution is -2.42. The highest BCUT2D eigenvalue weighted by Gasteiger charge is 2.22. The summed E-state index contributed by atoms with van der Waals surface area (Å²) in [5, 5.41) is 2.30. The van der Waals surface area contributed by atoms with Crippen LogP contribution < -0.4 is 5.32 Å². The van der Waals surface area contributed by atoms with Crippen LogP contribution in [0.15, 0.2) is 0 Å². The van der Waals surface area contributed by atoms with Crippen LogP contribution in [0.1, 0.15) is 20.8 Å². The summed E-state index contributed by atoms with van der Waals surface area (Å²) < 4.78 is 0. The molecule has 0 saturated carbocycles. The van der Waals surface area contributed by atoms with Crippen molar-refractivity contribution in [2.45, 2.75) is 26.0 Å². The van der Waals surface area contributed by atoms with Gasteiger partial charge in [-0.3, -0.25) is 9.59 Å². The molecule has 1 unspecified atom stereocenters. The maximum Gasteiger partial charge on any atom is 0.239 e. The van der Waals surface area contributed by atoms with Gasteiger partial charge >= 0.3 is 0 Å². The van der Waals surface area contributed by atoms with Crippen molar-refractivity contribution in [3.05, 3.63) is 0 Å². The third kappa shape index (κ3) is 5.06. The van der Waals surface area contributed by atoms with Crippen LogP contribution in [0.3, 0.4) is 0 Å². The van der Waals surface area contributed by atoms with Crippen molar-refractivity contribution in [3.63, 3.8) is 0 Å². The van der Waals surface area contributed by atoms with E-state index in [4.69, 9.17) is 0 Å². The predicted molar refractivity (Wildman–Crippen MR) is 63.9 cm³/mol. The monoisotopic (exact) mass is 232 g/mol. The number of nitrogens with zero attached hydrogens (tertiary/aromatic N) is 1. The Balaban J connectivity index is 4.15. The Hall–Kier alpha value is -0.710. The summed E-state index contributed by atoms with van der Waals surface area (Å²) in [5.74, 6) is -0.0882. The molecule has 15 heavy (non-hydrogen) atoms. The molecule has 0 heterocycles. The van der Waals surface area contributed by atoms with Gasteiger partial charge in [0.25, 0.3) is 0 Å². The van der Waals surface area contributed by atoms with E-state index >= 15 is 0 Å². The molecule has 0 rings (SSSR count). The third-order valence-electron chi connectivity index (χ3n) is 2.02. The highest BCUT2D eigenvalue weighted by Crippen LogP contribution is 2.11. The van der Waals surface area contributed by atoms with Gasteiger partial charge in [0, 0.05) is 13.6 Å². The van der Waals surface area contributed by atoms with Crippen molar-refractivity contribution in [3.8, 4) is 0 Å². The van der Waals surface area contributed by atoms with Crippen LogP contribution >= 0.6 is 12.6 Å². The average Bonchev–Trinajstić information content (AvgIpc) is 2.15. The fraction of sp³-hybridized carbons (Fsp3) is 0.800. The highest BCUT2D eigenvalue weighted by molar-refractivity contribution is 7.81. The number of rotatable bonds is 5. The zero-order valence-corrected chi connectivity index (χ0v) is 10.7. The Bertz CT molecular complexity index is 231. The average molecular weight is 232 g/mol. The van der Waals surface area contributed by atoms with Crippen LogP contribution in [0.4, 0.5) is 0 Å². The standard InChI is InChI=1S/C10H20N2O2S/c1-5-11-8(13)6-12(4)10(14)9(15)7(2)3/h7,9,15H,5-6H2,1-4H3,(H,11,13). The first-order valence-corrected chi connectivity index (χ1v) is 5.61. The Kier molecular flexibility index (Phi) is 6.40. The van der Waals surface area contributed by atoms with Crippen LogP contribution in [-0.2, 0) is 9.59 Å². The molecular formula is C10H20N2O2S. The van der Waals surface area contributed by atoms with Gasteiger partial charge in [0.1, 0.15) is 0 Å². The second kappa shape index (κ2) is 6.71. The first-order chi connectivity index (χ1) is 6.90. The number of likely N-dealkylation sites (N-methyl/N-ethyl adjacent to an activating group) is 2. The van der Waals surface area contributed by atoms with E-state index in [9.17, 15) is 9.59 Å². The predicted octanol–water partition coefficient (Wildman–Crippen LogP) is 0.535. The maximum absolute atomic E-state index is 11.7. The minimum absolute atomic E-state index is 0.0937. The van der Waals surface area contributed by atoms with Gasteiger partial charge in [-0.05, 0) is 12.8 Å². The highest BCUT2D eigenvalue weighted by atomic mass is 32.1. The van der Waals surface area contributed by atoms with Crippen LogP contribution in [0, 0.1) is 5.92 Å². The molecule has 0 aromatic rings. The lowest BCUT2D eigenvalue weighted by atomic mass is 10.1. The van der Waals surface area contributed by atoms with Crippen LogP contribution in [0.2, 0.25) is 0 Å². The first kappa shape index (κ1) is 14.3. The van der Waals surface area contributed by atoms with E-state index in [1.54, 1.807) is 7.05 Å². The lowest BCUT2D eigenvalue weighted by Gasteiger charge is -2.22. The summed E-state index contributed by atoms with van der Waals surface area (Å²) >= 11 is 4.21. The van der Waals surface area contributed by atoms with Gasteiger partial charge < -0.3 is 10.2 Å². The molecule has 0 bridgehead atoms. The van der Waals surface area contributed by atoms with Crippen LogP contribution in [-0.4, -0.2) is 42.1 Å². The minimum atomic E-state index is -0.343. The second-order valence-corrected chi connectivity index (χ2v) is 4.39. The molecule has 0 aliphatic heterocycles. The van der Waals surface area contributed by atoms with E-state index in [1.165, 1.54) is 4.90 Å². The Morgan fingerprint density at radius 1 is 1.40 bits per heavy atom. The molecule has 0 fully saturated rings. The minimum Gasteiger partial charge on any atom is -0.355 e. The molecule has 88 valence electrons. The second-order valence-electron chi connectivity index (χ2n) is 3.84. The van der Waals surface area contributed by atoms with Crippen molar-refractivity contribution in [1.29, 1.82) is 0 Å². The fourth-order valence-corrected chi connectivity index (χ4v) is 1.25. The molecule has 0 aliphatic rings. The largest absolute Gasteiger partial charge is 0.355 e. The number of carbonyl (C=O) groups excluding carboxylic acids is 2. The number of hydrogen-bond donors (Lipinski definition) is 2. The molecule has 0 radical (unpaired) electrons. The summed E-state index contributed by atoms with van der Waals surface area (Å²) in [5.41, 5.74) is 0. The zero-order valence-electron chi connectivity index (χ0n) is 9.78. The maximum atomic E-state index is 11.7. The first-order valence-electron chi connectivity index (χ1n) is 5.09. The summed E-state index contributed by atoms with van der Waals surface area (Å²) in [6, 6.07) is 0. The fourth-order valence-electron chi connectivity index (χ4n) is 1.06. The van der Waals surface area contributed by atoms with Crippen molar-refractivity contribution >= 4 is 24.4 Å². The van der Waals surface area contributed by atoms with Crippen molar-refractivity contribution in [2.24, 2.45) is 5.92 Å². The van der Waals surface area contributed by atoms with Gasteiger partial charge in [-0.2, -0.15) is 12.6 Å². The summed E-state index contributed by atoms with van der Waals surface area (Å²) in [4.78, 5) is 24.3. The quantitative estimate of drug-likeness (QED) is 0.680. The number of hydrogen-bond acceptors (Lipinski definition) is 3. The van der Waals surface area contributed by atoms with Gasteiger partial charge in [0.05, 0.1) is 11.8 Å². The number of amides is 2. The molecule has 0 spiro atoms. The third-order valence-corrected chi connectivity index (χ3v) is 2.83. The molecule has 2 amide bonds. The Morgan fingerprint density at radius 3 is 2.33 bits per heavy atom. The van der Waals surface area contributed by atoms with Crippen LogP contribution in [0.25, 0.3) is 0 Å². The molecule has 4 nitrogen and oxygen atoms in total. The van der Waals surface area contributed by atoms with E-state index in [2.05, 4.69) is 17.9 Å². The number of thiol groups is 1. The smallest absolute Gasteiger partial charge is 0.239 e. The van der Waals surface area contributed by atoms with Gasteiger partial charge in [-0.1, -0.05) is 13.8 Å². The van der Waals surface area contributed by atoms with Crippen molar-refractivity contribution in [2.75, 3.05) is 20.1 Å². The number of nitrogens with one attached hydrogen (secondary N) is 1. The van der Waals surface area contributed by atoms with Gasteiger partial charge in [0.15, 0.2) is 0 Å². The summed E-state index contributed by atoms with van der Waals surface area (Å²) in [6.07, 6.45) is 0. The summed E-state index contributed by atoms with van der Waals surface area (Å²) in [7, 11) is 1.61. The van der Waals surface area contributed by atoms with Crippen molar-refractivity contribution in [1.82, 2.24) is 10.2 Å². The van der Waals surface area contributed by atoms with Crippen LogP contribution in [0.5, 0.6) is 0 Å². The van der Waals surface area contributed by atoms with E-state index in [1.807, 2.05) is 20.8 Å². The molecule has 0 aromatic carbocycles. The number of carbonyl (C=O) groups is 2. The topological polar surface area (TPSA) is 49.4 Å². The van der Waals surface area contributed by atoms with Gasteiger partial charge in [-0.15, -0.1) is 0 Å². The lowest BCUT2D eigenvalue weighted by molar-refractivity contribution is -0.134. The van der Waals surface area contributed by atoms with Crippen molar-refractivity contribution < 1.29 is 9.59 Å².